The molecule has 0 aromatic heterocycles. The minimum Gasteiger partial charge on any atom is -0.493 e. The van der Waals surface area contributed by atoms with Crippen LogP contribution in [0.2, 0.25) is 0 Å². The Morgan fingerprint density at radius 1 is 1.27 bits per heavy atom. The van der Waals surface area contributed by atoms with Gasteiger partial charge in [0.25, 0.3) is 0 Å². The Kier molecular flexibility index (Phi) is 5.69. The fraction of sp³-hybridized carbons (Fsp3) is 0.625. The molecule has 3 nitrogen and oxygen atoms in total. The number of hydrogen-bond donors (Lipinski definition) is 0. The highest BCUT2D eigenvalue weighted by Gasteiger charge is 2.34. The van der Waals surface area contributed by atoms with E-state index in [2.05, 4.69) is 23.9 Å². The van der Waals surface area contributed by atoms with Crippen molar-refractivity contribution in [3.8, 4) is 5.75 Å². The molecule has 1 heterocycles. The van der Waals surface area contributed by atoms with E-state index in [1.54, 1.807) is 6.07 Å². The van der Waals surface area contributed by atoms with Crippen LogP contribution >= 0.6 is 0 Å². The molecule has 22 heavy (non-hydrogen) atoms. The van der Waals surface area contributed by atoms with Crippen LogP contribution in [0.15, 0.2) is 24.3 Å². The molecule has 1 atom stereocenters. The van der Waals surface area contributed by atoms with Crippen LogP contribution in [0.1, 0.15) is 18.4 Å². The van der Waals surface area contributed by atoms with Crippen LogP contribution in [-0.2, 0) is 6.18 Å². The second-order valence-corrected chi connectivity index (χ2v) is 5.90. The van der Waals surface area contributed by atoms with Crippen LogP contribution < -0.4 is 4.74 Å². The van der Waals surface area contributed by atoms with Crippen LogP contribution in [0.5, 0.6) is 5.75 Å². The van der Waals surface area contributed by atoms with E-state index in [4.69, 9.17) is 4.74 Å². The van der Waals surface area contributed by atoms with E-state index in [0.717, 1.165) is 38.5 Å². The number of rotatable bonds is 6. The van der Waals surface area contributed by atoms with Gasteiger partial charge in [-0.25, -0.2) is 0 Å². The van der Waals surface area contributed by atoms with Gasteiger partial charge in [-0.2, -0.15) is 13.2 Å². The van der Waals surface area contributed by atoms with Crippen molar-refractivity contribution in [2.45, 2.75) is 25.1 Å². The molecule has 1 aromatic carbocycles. The maximum Gasteiger partial charge on any atom is 0.419 e. The van der Waals surface area contributed by atoms with Gasteiger partial charge in [-0.1, -0.05) is 12.1 Å². The van der Waals surface area contributed by atoms with Crippen LogP contribution in [0.3, 0.4) is 0 Å². The molecule has 0 bridgehead atoms. The number of alkyl halides is 3. The summed E-state index contributed by atoms with van der Waals surface area (Å²) in [5.41, 5.74) is -0.705. The summed E-state index contributed by atoms with van der Waals surface area (Å²) in [5.74, 6) is -0.0809. The topological polar surface area (TPSA) is 15.7 Å². The van der Waals surface area contributed by atoms with Gasteiger partial charge in [0.2, 0.25) is 0 Å². The number of nitrogens with zero attached hydrogens (tertiary/aromatic N) is 2. The van der Waals surface area contributed by atoms with Crippen LogP contribution in [0.25, 0.3) is 0 Å². The van der Waals surface area contributed by atoms with Gasteiger partial charge in [-0.05, 0) is 45.6 Å². The van der Waals surface area contributed by atoms with Crippen molar-refractivity contribution in [2.75, 3.05) is 40.3 Å². The summed E-state index contributed by atoms with van der Waals surface area (Å²) in [6, 6.07) is 5.94. The molecule has 0 radical (unpaired) electrons. The number of likely N-dealkylation sites (tertiary alicyclic amines) is 1. The highest BCUT2D eigenvalue weighted by Crippen LogP contribution is 2.35. The lowest BCUT2D eigenvalue weighted by atomic mass is 10.2. The van der Waals surface area contributed by atoms with Crippen LogP contribution in [0.4, 0.5) is 13.2 Å². The summed E-state index contributed by atoms with van der Waals surface area (Å²) < 4.78 is 43.8. The molecule has 0 saturated carbocycles. The average molecular weight is 316 g/mol. The number of para-hydroxylation sites is 1. The van der Waals surface area contributed by atoms with E-state index in [1.807, 2.05) is 0 Å². The first kappa shape index (κ1) is 17.1. The minimum atomic E-state index is -4.37. The van der Waals surface area contributed by atoms with Crippen molar-refractivity contribution in [3.05, 3.63) is 29.8 Å². The predicted octanol–water partition coefficient (Wildman–Crippen LogP) is 3.11. The molecule has 1 aliphatic heterocycles. The zero-order valence-electron chi connectivity index (χ0n) is 13.1. The number of ether oxygens (including phenoxy) is 1. The Bertz CT molecular complexity index is 477. The Labute approximate surface area is 129 Å². The Morgan fingerprint density at radius 3 is 2.64 bits per heavy atom. The molecule has 0 spiro atoms. The first-order chi connectivity index (χ1) is 10.4. The van der Waals surface area contributed by atoms with E-state index < -0.39 is 11.7 Å². The van der Waals surface area contributed by atoms with Gasteiger partial charge in [-0.15, -0.1) is 0 Å². The van der Waals surface area contributed by atoms with Gasteiger partial charge in [0.05, 0.1) is 12.2 Å². The third kappa shape index (κ3) is 4.61. The summed E-state index contributed by atoms with van der Waals surface area (Å²) in [7, 11) is 4.15. The fourth-order valence-corrected chi connectivity index (χ4v) is 2.73. The molecule has 0 unspecified atom stereocenters. The monoisotopic (exact) mass is 316 g/mol. The Hall–Kier alpha value is -1.27. The van der Waals surface area contributed by atoms with Gasteiger partial charge >= 0.3 is 6.18 Å². The van der Waals surface area contributed by atoms with Gasteiger partial charge in [0, 0.05) is 19.1 Å². The van der Waals surface area contributed by atoms with Crippen LogP contribution in [-0.4, -0.2) is 56.2 Å². The number of likely N-dealkylation sites (N-methyl/N-ethyl adjacent to an activating group) is 1. The third-order valence-electron chi connectivity index (χ3n) is 4.05. The highest BCUT2D eigenvalue weighted by atomic mass is 19.4. The SMILES string of the molecule is CN(C)[C@H]1CCN(CCCOc2ccccc2C(F)(F)F)C1. The maximum absolute atomic E-state index is 12.8. The van der Waals surface area contributed by atoms with E-state index in [0.29, 0.717) is 12.6 Å². The second kappa shape index (κ2) is 7.33. The van der Waals surface area contributed by atoms with E-state index in [-0.39, 0.29) is 5.75 Å². The first-order valence-electron chi connectivity index (χ1n) is 7.55. The molecule has 0 N–H and O–H groups in total. The predicted molar refractivity (Wildman–Crippen MR) is 80.1 cm³/mol. The molecule has 0 aliphatic carbocycles. The Balaban J connectivity index is 1.76. The molecule has 1 saturated heterocycles. The van der Waals surface area contributed by atoms with E-state index in [1.165, 1.54) is 12.1 Å². The van der Waals surface area contributed by atoms with E-state index in [9.17, 15) is 13.2 Å². The largest absolute Gasteiger partial charge is 0.493 e. The van der Waals surface area contributed by atoms with Crippen molar-refractivity contribution in [1.29, 1.82) is 0 Å². The lowest BCUT2D eigenvalue weighted by Crippen LogP contribution is -2.32. The van der Waals surface area contributed by atoms with Crippen molar-refractivity contribution < 1.29 is 17.9 Å². The quantitative estimate of drug-likeness (QED) is 0.750. The number of benzene rings is 1. The lowest BCUT2D eigenvalue weighted by Gasteiger charge is -2.20. The zero-order valence-corrected chi connectivity index (χ0v) is 13.1. The van der Waals surface area contributed by atoms with Crippen molar-refractivity contribution in [1.82, 2.24) is 9.80 Å². The molecule has 2 rings (SSSR count). The van der Waals surface area contributed by atoms with Crippen LogP contribution in [0, 0.1) is 0 Å². The number of halogens is 3. The summed E-state index contributed by atoms with van der Waals surface area (Å²) in [4.78, 5) is 4.56. The highest BCUT2D eigenvalue weighted by molar-refractivity contribution is 5.35. The van der Waals surface area contributed by atoms with Crippen molar-refractivity contribution in [2.24, 2.45) is 0 Å². The zero-order chi connectivity index (χ0) is 16.2. The third-order valence-corrected chi connectivity index (χ3v) is 4.05. The second-order valence-electron chi connectivity index (χ2n) is 5.90. The fourth-order valence-electron chi connectivity index (χ4n) is 2.73. The maximum atomic E-state index is 12.8. The van der Waals surface area contributed by atoms with Gasteiger partial charge < -0.3 is 14.5 Å². The molecule has 1 aliphatic rings. The van der Waals surface area contributed by atoms with Gasteiger partial charge in [-0.3, -0.25) is 0 Å². The van der Waals surface area contributed by atoms with Crippen molar-refractivity contribution in [3.63, 3.8) is 0 Å². The van der Waals surface area contributed by atoms with Gasteiger partial charge in [0.1, 0.15) is 5.75 Å². The van der Waals surface area contributed by atoms with Gasteiger partial charge in [0.15, 0.2) is 0 Å². The standard InChI is InChI=1S/C16H23F3N2O/c1-20(2)13-8-10-21(12-13)9-5-11-22-15-7-4-3-6-14(15)16(17,18)19/h3-4,6-7,13H,5,8-12H2,1-2H3/t13-/m0/s1. The summed E-state index contributed by atoms with van der Waals surface area (Å²) in [6.07, 6.45) is -2.50. The lowest BCUT2D eigenvalue weighted by molar-refractivity contribution is -0.138. The van der Waals surface area contributed by atoms with Crippen molar-refractivity contribution >= 4 is 0 Å². The molecule has 6 heteroatoms. The molecule has 1 aromatic rings. The summed E-state index contributed by atoms with van der Waals surface area (Å²) in [5, 5.41) is 0. The molecular formula is C16H23F3N2O. The van der Waals surface area contributed by atoms with E-state index >= 15 is 0 Å². The molecule has 1 fully saturated rings. The first-order valence-corrected chi connectivity index (χ1v) is 7.55. The normalized spacial score (nSPS) is 19.8. The average Bonchev–Trinajstić information content (AvgIpc) is 2.92. The summed E-state index contributed by atoms with van der Waals surface area (Å²) >= 11 is 0. The Morgan fingerprint density at radius 2 is 2.00 bits per heavy atom. The smallest absolute Gasteiger partial charge is 0.419 e. The summed E-state index contributed by atoms with van der Waals surface area (Å²) in [6.45, 7) is 3.23. The molecule has 0 amide bonds. The number of hydrogen-bond acceptors (Lipinski definition) is 3. The minimum absolute atomic E-state index is 0.0809. The molecular weight excluding hydrogens is 293 g/mol. The molecule has 124 valence electrons.